The minimum Gasteiger partial charge on any atom is -0.506 e. The highest BCUT2D eigenvalue weighted by Crippen LogP contribution is 2.21. The Morgan fingerprint density at radius 2 is 1.79 bits per heavy atom. The summed E-state index contributed by atoms with van der Waals surface area (Å²) in [6, 6.07) is 13.4. The molecule has 0 radical (unpaired) electrons. The number of carbonyl (C=O) groups excluding carboxylic acids is 1. The second-order valence-corrected chi connectivity index (χ2v) is 4.39. The second-order valence-electron chi connectivity index (χ2n) is 3.95. The highest BCUT2D eigenvalue weighted by Gasteiger charge is 2.04. The zero-order valence-corrected chi connectivity index (χ0v) is 10.8. The van der Waals surface area contributed by atoms with E-state index in [1.807, 2.05) is 12.1 Å². The van der Waals surface area contributed by atoms with Gasteiger partial charge in [0.1, 0.15) is 5.75 Å². The van der Waals surface area contributed by atoms with Gasteiger partial charge in [-0.15, -0.1) is 0 Å². The normalized spacial score (nSPS) is 9.95. The monoisotopic (exact) mass is 276 g/mol. The van der Waals surface area contributed by atoms with Crippen LogP contribution in [0.4, 0.5) is 10.5 Å². The molecule has 2 rings (SSSR count). The number of anilines is 1. The number of aromatic hydroxyl groups is 1. The van der Waals surface area contributed by atoms with Gasteiger partial charge in [-0.2, -0.15) is 0 Å². The lowest BCUT2D eigenvalue weighted by atomic mass is 10.2. The SMILES string of the molecule is O=C(NCc1ccc(Cl)cc1)Nc1ccccc1O. The Hall–Kier alpha value is -2.20. The van der Waals surface area contributed by atoms with Gasteiger partial charge in [0.25, 0.3) is 0 Å². The van der Waals surface area contributed by atoms with Gasteiger partial charge in [0.15, 0.2) is 0 Å². The molecule has 2 aromatic rings. The summed E-state index contributed by atoms with van der Waals surface area (Å²) in [4.78, 5) is 11.6. The first kappa shape index (κ1) is 13.2. The molecule has 0 bridgehead atoms. The van der Waals surface area contributed by atoms with E-state index in [4.69, 9.17) is 11.6 Å². The molecule has 0 saturated carbocycles. The number of hydrogen-bond donors (Lipinski definition) is 3. The topological polar surface area (TPSA) is 61.4 Å². The number of phenolic OH excluding ortho intramolecular Hbond substituents is 1. The summed E-state index contributed by atoms with van der Waals surface area (Å²) in [5, 5.41) is 15.4. The third kappa shape index (κ3) is 3.89. The molecule has 98 valence electrons. The number of amides is 2. The molecule has 0 spiro atoms. The Morgan fingerprint density at radius 3 is 2.47 bits per heavy atom. The quantitative estimate of drug-likeness (QED) is 0.753. The highest BCUT2D eigenvalue weighted by atomic mass is 35.5. The zero-order valence-electron chi connectivity index (χ0n) is 10.1. The van der Waals surface area contributed by atoms with Crippen LogP contribution in [0.3, 0.4) is 0 Å². The molecular weight excluding hydrogens is 264 g/mol. The summed E-state index contributed by atoms with van der Waals surface area (Å²) in [5.74, 6) is 0.0316. The van der Waals surface area contributed by atoms with E-state index in [-0.39, 0.29) is 11.8 Å². The fourth-order valence-corrected chi connectivity index (χ4v) is 1.66. The summed E-state index contributed by atoms with van der Waals surface area (Å²) in [7, 11) is 0. The van der Waals surface area contributed by atoms with Crippen LogP contribution in [0, 0.1) is 0 Å². The maximum atomic E-state index is 11.6. The van der Waals surface area contributed by atoms with E-state index in [0.29, 0.717) is 17.3 Å². The average molecular weight is 277 g/mol. The fourth-order valence-electron chi connectivity index (χ4n) is 1.53. The Labute approximate surface area is 116 Å². The van der Waals surface area contributed by atoms with Crippen LogP contribution in [0.1, 0.15) is 5.56 Å². The Kier molecular flexibility index (Phi) is 4.26. The van der Waals surface area contributed by atoms with Gasteiger partial charge < -0.3 is 15.7 Å². The van der Waals surface area contributed by atoms with Gasteiger partial charge >= 0.3 is 6.03 Å². The number of urea groups is 1. The van der Waals surface area contributed by atoms with Crippen LogP contribution >= 0.6 is 11.6 Å². The van der Waals surface area contributed by atoms with Crippen molar-refractivity contribution in [2.75, 3.05) is 5.32 Å². The van der Waals surface area contributed by atoms with E-state index < -0.39 is 0 Å². The molecule has 0 aliphatic heterocycles. The van der Waals surface area contributed by atoms with E-state index in [0.717, 1.165) is 5.56 Å². The first-order valence-electron chi connectivity index (χ1n) is 5.72. The predicted octanol–water partition coefficient (Wildman–Crippen LogP) is 3.37. The van der Waals surface area contributed by atoms with Crippen molar-refractivity contribution in [2.45, 2.75) is 6.54 Å². The van der Waals surface area contributed by atoms with Crippen molar-refractivity contribution >= 4 is 23.3 Å². The van der Waals surface area contributed by atoms with Crippen molar-refractivity contribution in [1.82, 2.24) is 5.32 Å². The Bertz CT molecular complexity index is 570. The molecule has 19 heavy (non-hydrogen) atoms. The van der Waals surface area contributed by atoms with E-state index in [1.165, 1.54) is 6.07 Å². The molecule has 4 nitrogen and oxygen atoms in total. The van der Waals surface area contributed by atoms with Crippen LogP contribution in [-0.2, 0) is 6.54 Å². The van der Waals surface area contributed by atoms with Crippen molar-refractivity contribution < 1.29 is 9.90 Å². The highest BCUT2D eigenvalue weighted by molar-refractivity contribution is 6.30. The van der Waals surface area contributed by atoms with Crippen LogP contribution < -0.4 is 10.6 Å². The van der Waals surface area contributed by atoms with Crippen molar-refractivity contribution in [3.63, 3.8) is 0 Å². The minimum atomic E-state index is -0.378. The van der Waals surface area contributed by atoms with E-state index in [1.54, 1.807) is 30.3 Å². The van der Waals surface area contributed by atoms with Gasteiger partial charge in [0, 0.05) is 11.6 Å². The molecule has 2 aromatic carbocycles. The predicted molar refractivity (Wildman–Crippen MR) is 75.4 cm³/mol. The lowest BCUT2D eigenvalue weighted by Gasteiger charge is -2.08. The summed E-state index contributed by atoms with van der Waals surface area (Å²) in [5.41, 5.74) is 1.31. The van der Waals surface area contributed by atoms with E-state index in [2.05, 4.69) is 10.6 Å². The summed E-state index contributed by atoms with van der Waals surface area (Å²) in [6.07, 6.45) is 0. The van der Waals surface area contributed by atoms with Crippen LogP contribution in [0.2, 0.25) is 5.02 Å². The van der Waals surface area contributed by atoms with E-state index in [9.17, 15) is 9.90 Å². The molecular formula is C14H13ClN2O2. The maximum Gasteiger partial charge on any atom is 0.319 e. The molecule has 5 heteroatoms. The lowest BCUT2D eigenvalue weighted by Crippen LogP contribution is -2.28. The van der Waals surface area contributed by atoms with Crippen LogP contribution in [-0.4, -0.2) is 11.1 Å². The number of halogens is 1. The minimum absolute atomic E-state index is 0.0316. The second kappa shape index (κ2) is 6.11. The van der Waals surface area contributed by atoms with Gasteiger partial charge in [-0.25, -0.2) is 4.79 Å². The van der Waals surface area contributed by atoms with Crippen molar-refractivity contribution in [3.8, 4) is 5.75 Å². The molecule has 0 atom stereocenters. The number of carbonyl (C=O) groups is 1. The first-order valence-corrected chi connectivity index (χ1v) is 6.10. The molecule has 0 fully saturated rings. The van der Waals surface area contributed by atoms with Crippen molar-refractivity contribution in [2.24, 2.45) is 0 Å². The van der Waals surface area contributed by atoms with Gasteiger partial charge in [-0.1, -0.05) is 35.9 Å². The molecule has 2 amide bonds. The number of rotatable bonds is 3. The van der Waals surface area contributed by atoms with Crippen molar-refractivity contribution in [3.05, 3.63) is 59.1 Å². The number of nitrogens with one attached hydrogen (secondary N) is 2. The largest absolute Gasteiger partial charge is 0.506 e. The maximum absolute atomic E-state index is 11.6. The third-order valence-corrected chi connectivity index (χ3v) is 2.77. The first-order chi connectivity index (χ1) is 9.15. The molecule has 3 N–H and O–H groups in total. The smallest absolute Gasteiger partial charge is 0.319 e. The average Bonchev–Trinajstić information content (AvgIpc) is 2.41. The van der Waals surface area contributed by atoms with Gasteiger partial charge in [-0.05, 0) is 29.8 Å². The van der Waals surface area contributed by atoms with Crippen LogP contribution in [0.15, 0.2) is 48.5 Å². The van der Waals surface area contributed by atoms with Gasteiger partial charge in [0.05, 0.1) is 5.69 Å². The molecule has 0 aromatic heterocycles. The number of phenols is 1. The fraction of sp³-hybridized carbons (Fsp3) is 0.0714. The third-order valence-electron chi connectivity index (χ3n) is 2.52. The zero-order chi connectivity index (χ0) is 13.7. The summed E-state index contributed by atoms with van der Waals surface area (Å²) >= 11 is 5.77. The lowest BCUT2D eigenvalue weighted by molar-refractivity contribution is 0.251. The van der Waals surface area contributed by atoms with Crippen LogP contribution in [0.25, 0.3) is 0 Å². The molecule has 0 saturated heterocycles. The number of para-hydroxylation sites is 2. The standard InChI is InChI=1S/C14H13ClN2O2/c15-11-7-5-10(6-8-11)9-16-14(19)17-12-3-1-2-4-13(12)18/h1-8,18H,9H2,(H2,16,17,19). The van der Waals surface area contributed by atoms with Crippen molar-refractivity contribution in [1.29, 1.82) is 0 Å². The Balaban J connectivity index is 1.88. The molecule has 0 heterocycles. The van der Waals surface area contributed by atoms with Crippen LogP contribution in [0.5, 0.6) is 5.75 Å². The summed E-state index contributed by atoms with van der Waals surface area (Å²) < 4.78 is 0. The molecule has 0 unspecified atom stereocenters. The Morgan fingerprint density at radius 1 is 1.11 bits per heavy atom. The number of benzene rings is 2. The van der Waals surface area contributed by atoms with Gasteiger partial charge in [-0.3, -0.25) is 0 Å². The van der Waals surface area contributed by atoms with Gasteiger partial charge in [0.2, 0.25) is 0 Å². The molecule has 0 aliphatic carbocycles. The molecule has 0 aliphatic rings. The summed E-state index contributed by atoms with van der Waals surface area (Å²) in [6.45, 7) is 0.386. The van der Waals surface area contributed by atoms with E-state index >= 15 is 0 Å². The number of hydrogen-bond acceptors (Lipinski definition) is 2.